The Balaban J connectivity index is 2.27. The molecule has 1 unspecified atom stereocenters. The minimum atomic E-state index is -1.29. The number of carbonyl (C=O) groups is 1. The zero-order chi connectivity index (χ0) is 14.0. The van der Waals surface area contributed by atoms with Crippen LogP contribution >= 0.6 is 0 Å². The lowest BCUT2D eigenvalue weighted by Crippen LogP contribution is -2.50. The van der Waals surface area contributed by atoms with Gasteiger partial charge in [-0.15, -0.1) is 0 Å². The van der Waals surface area contributed by atoms with E-state index in [2.05, 4.69) is 4.98 Å². The average molecular weight is 266 g/mol. The molecule has 19 heavy (non-hydrogen) atoms. The fraction of sp³-hybridized carbons (Fsp3) is 0.583. The molecule has 0 spiro atoms. The fourth-order valence-corrected chi connectivity index (χ4v) is 2.26. The molecule has 1 atom stereocenters. The van der Waals surface area contributed by atoms with E-state index in [4.69, 9.17) is 10.8 Å². The number of carboxylic acids is 1. The quantitative estimate of drug-likeness (QED) is 0.772. The van der Waals surface area contributed by atoms with Crippen molar-refractivity contribution in [2.45, 2.75) is 31.8 Å². The normalized spacial score (nSPS) is 22.7. The van der Waals surface area contributed by atoms with Crippen LogP contribution in [0, 0.1) is 0 Å². The molecule has 104 valence electrons. The maximum absolute atomic E-state index is 12.2. The summed E-state index contributed by atoms with van der Waals surface area (Å²) in [7, 11) is 0. The number of rotatable bonds is 4. The summed E-state index contributed by atoms with van der Waals surface area (Å²) in [6.45, 7) is 3.15. The first-order chi connectivity index (χ1) is 8.98. The van der Waals surface area contributed by atoms with E-state index < -0.39 is 11.5 Å². The van der Waals surface area contributed by atoms with Crippen LogP contribution in [0.15, 0.2) is 17.2 Å². The first kappa shape index (κ1) is 13.5. The highest BCUT2D eigenvalue weighted by Crippen LogP contribution is 2.21. The second kappa shape index (κ2) is 5.00. The number of aromatic nitrogens is 2. The Hall–Kier alpha value is -1.89. The average Bonchev–Trinajstić information content (AvgIpc) is 2.76. The molecule has 0 aromatic carbocycles. The molecule has 1 fully saturated rings. The molecule has 7 nitrogen and oxygen atoms in total. The standard InChI is InChI=1S/C12H18N4O3/c1-2-5-15-7-4-14-9(10(15)17)16-6-3-12(13,8-16)11(18)19/h4,7H,2-3,5-6,8,13H2,1H3,(H,18,19). The predicted octanol–water partition coefficient (Wildman–Crippen LogP) is -0.354. The second-order valence-electron chi connectivity index (χ2n) is 4.88. The van der Waals surface area contributed by atoms with Crippen molar-refractivity contribution in [3.8, 4) is 0 Å². The lowest BCUT2D eigenvalue weighted by Gasteiger charge is -2.20. The highest BCUT2D eigenvalue weighted by atomic mass is 16.4. The fourth-order valence-electron chi connectivity index (χ4n) is 2.26. The summed E-state index contributed by atoms with van der Waals surface area (Å²) in [5, 5.41) is 9.09. The highest BCUT2D eigenvalue weighted by molar-refractivity contribution is 5.80. The van der Waals surface area contributed by atoms with Gasteiger partial charge < -0.3 is 20.3 Å². The third-order valence-corrected chi connectivity index (χ3v) is 3.39. The van der Waals surface area contributed by atoms with Gasteiger partial charge in [0.05, 0.1) is 0 Å². The molecule has 1 aromatic rings. The van der Waals surface area contributed by atoms with Gasteiger partial charge in [0.2, 0.25) is 0 Å². The molecule has 2 heterocycles. The Morgan fingerprint density at radius 3 is 2.95 bits per heavy atom. The van der Waals surface area contributed by atoms with Crippen LogP contribution in [0.5, 0.6) is 0 Å². The van der Waals surface area contributed by atoms with Gasteiger partial charge in [0.25, 0.3) is 5.56 Å². The van der Waals surface area contributed by atoms with Gasteiger partial charge in [0.1, 0.15) is 5.54 Å². The summed E-state index contributed by atoms with van der Waals surface area (Å²) in [5.41, 5.74) is 4.31. The third-order valence-electron chi connectivity index (χ3n) is 3.39. The summed E-state index contributed by atoms with van der Waals surface area (Å²) >= 11 is 0. The van der Waals surface area contributed by atoms with E-state index in [-0.39, 0.29) is 17.9 Å². The lowest BCUT2D eigenvalue weighted by atomic mass is 10.0. The van der Waals surface area contributed by atoms with Crippen molar-refractivity contribution in [2.24, 2.45) is 5.73 Å². The van der Waals surface area contributed by atoms with Gasteiger partial charge in [-0.25, -0.2) is 4.98 Å². The molecule has 3 N–H and O–H groups in total. The SMILES string of the molecule is CCCn1ccnc(N2CCC(N)(C(=O)O)C2)c1=O. The van der Waals surface area contributed by atoms with Crippen LogP contribution in [0.2, 0.25) is 0 Å². The molecule has 2 rings (SSSR count). The number of hydrogen-bond acceptors (Lipinski definition) is 5. The lowest BCUT2D eigenvalue weighted by molar-refractivity contribution is -0.142. The Kier molecular flexibility index (Phi) is 3.57. The van der Waals surface area contributed by atoms with Crippen LogP contribution in [0.25, 0.3) is 0 Å². The highest BCUT2D eigenvalue weighted by Gasteiger charge is 2.42. The van der Waals surface area contributed by atoms with Crippen LogP contribution in [-0.2, 0) is 11.3 Å². The van der Waals surface area contributed by atoms with E-state index >= 15 is 0 Å². The van der Waals surface area contributed by atoms with Gasteiger partial charge >= 0.3 is 5.97 Å². The number of carboxylic acid groups (broad SMARTS) is 1. The van der Waals surface area contributed by atoms with Crippen molar-refractivity contribution >= 4 is 11.8 Å². The Morgan fingerprint density at radius 2 is 2.37 bits per heavy atom. The molecule has 1 aromatic heterocycles. The van der Waals surface area contributed by atoms with E-state index in [1.54, 1.807) is 21.9 Å². The molecular formula is C12H18N4O3. The number of anilines is 1. The second-order valence-corrected chi connectivity index (χ2v) is 4.88. The monoisotopic (exact) mass is 266 g/mol. The Labute approximate surface area is 110 Å². The van der Waals surface area contributed by atoms with Crippen molar-refractivity contribution < 1.29 is 9.90 Å². The smallest absolute Gasteiger partial charge is 0.325 e. The Bertz CT molecular complexity index is 542. The molecule has 1 saturated heterocycles. The van der Waals surface area contributed by atoms with Crippen molar-refractivity contribution in [1.82, 2.24) is 9.55 Å². The molecule has 1 aliphatic heterocycles. The Morgan fingerprint density at radius 1 is 1.63 bits per heavy atom. The maximum Gasteiger partial charge on any atom is 0.325 e. The molecule has 0 radical (unpaired) electrons. The molecule has 7 heteroatoms. The molecular weight excluding hydrogens is 248 g/mol. The largest absolute Gasteiger partial charge is 0.480 e. The molecule has 0 bridgehead atoms. The van der Waals surface area contributed by atoms with Gasteiger partial charge in [-0.2, -0.15) is 0 Å². The van der Waals surface area contributed by atoms with Crippen LogP contribution < -0.4 is 16.2 Å². The van der Waals surface area contributed by atoms with E-state index in [1.807, 2.05) is 6.92 Å². The molecule has 0 saturated carbocycles. The maximum atomic E-state index is 12.2. The number of aliphatic carboxylic acids is 1. The van der Waals surface area contributed by atoms with Gasteiger partial charge in [0, 0.05) is 32.0 Å². The first-order valence-electron chi connectivity index (χ1n) is 6.30. The van der Waals surface area contributed by atoms with Crippen molar-refractivity contribution in [3.05, 3.63) is 22.7 Å². The van der Waals surface area contributed by atoms with Crippen molar-refractivity contribution in [2.75, 3.05) is 18.0 Å². The van der Waals surface area contributed by atoms with E-state index in [9.17, 15) is 9.59 Å². The van der Waals surface area contributed by atoms with Crippen LogP contribution in [0.3, 0.4) is 0 Å². The van der Waals surface area contributed by atoms with Crippen LogP contribution in [0.1, 0.15) is 19.8 Å². The summed E-state index contributed by atoms with van der Waals surface area (Å²) in [6, 6.07) is 0. The summed E-state index contributed by atoms with van der Waals surface area (Å²) in [4.78, 5) is 29.0. The van der Waals surface area contributed by atoms with Gasteiger partial charge in [-0.3, -0.25) is 9.59 Å². The number of hydrogen-bond donors (Lipinski definition) is 2. The number of aryl methyl sites for hydroxylation is 1. The third kappa shape index (κ3) is 2.46. The number of nitrogens with two attached hydrogens (primary N) is 1. The van der Waals surface area contributed by atoms with Gasteiger partial charge in [-0.1, -0.05) is 6.92 Å². The van der Waals surface area contributed by atoms with Crippen LogP contribution in [0.4, 0.5) is 5.82 Å². The van der Waals surface area contributed by atoms with E-state index in [1.165, 1.54) is 0 Å². The molecule has 0 amide bonds. The zero-order valence-corrected chi connectivity index (χ0v) is 10.9. The zero-order valence-electron chi connectivity index (χ0n) is 10.9. The summed E-state index contributed by atoms with van der Waals surface area (Å²) < 4.78 is 1.58. The van der Waals surface area contributed by atoms with Crippen molar-refractivity contribution in [3.63, 3.8) is 0 Å². The number of nitrogens with zero attached hydrogens (tertiary/aromatic N) is 3. The molecule has 0 aliphatic carbocycles. The summed E-state index contributed by atoms with van der Waals surface area (Å²) in [5.74, 6) is -0.760. The van der Waals surface area contributed by atoms with Crippen molar-refractivity contribution in [1.29, 1.82) is 0 Å². The first-order valence-corrected chi connectivity index (χ1v) is 6.30. The van der Waals surface area contributed by atoms with E-state index in [0.29, 0.717) is 19.5 Å². The van der Waals surface area contributed by atoms with E-state index in [0.717, 1.165) is 6.42 Å². The van der Waals surface area contributed by atoms with Gasteiger partial charge in [0.15, 0.2) is 5.82 Å². The minimum Gasteiger partial charge on any atom is -0.480 e. The predicted molar refractivity (Wildman–Crippen MR) is 70.2 cm³/mol. The van der Waals surface area contributed by atoms with Crippen LogP contribution in [-0.4, -0.2) is 39.3 Å². The summed E-state index contributed by atoms with van der Waals surface area (Å²) in [6.07, 6.45) is 4.35. The molecule has 1 aliphatic rings. The topological polar surface area (TPSA) is 101 Å². The van der Waals surface area contributed by atoms with Gasteiger partial charge in [-0.05, 0) is 12.8 Å². The minimum absolute atomic E-state index is 0.112.